The van der Waals surface area contributed by atoms with E-state index in [2.05, 4.69) is 10.0 Å². The van der Waals surface area contributed by atoms with Gasteiger partial charge in [-0.2, -0.15) is 0 Å². The van der Waals surface area contributed by atoms with E-state index in [-0.39, 0.29) is 10.8 Å². The first-order chi connectivity index (χ1) is 9.99. The molecule has 0 saturated carbocycles. The van der Waals surface area contributed by atoms with Crippen molar-refractivity contribution < 1.29 is 13.2 Å². The molecule has 6 heteroatoms. The van der Waals surface area contributed by atoms with Crippen molar-refractivity contribution in [1.29, 1.82) is 0 Å². The smallest absolute Gasteiger partial charge is 0.248 e. The van der Waals surface area contributed by atoms with Gasteiger partial charge in [-0.1, -0.05) is 25.2 Å². The van der Waals surface area contributed by atoms with Gasteiger partial charge in [-0.05, 0) is 37.6 Å². The van der Waals surface area contributed by atoms with Gasteiger partial charge in [-0.15, -0.1) is 0 Å². The summed E-state index contributed by atoms with van der Waals surface area (Å²) in [6.07, 6.45) is 7.31. The standard InChI is InChI=1S/C15H20N2O3S/c1-3-5-6-7-15(18)17-13-8-10-14(11-9-13)21(19,20)16-12-4-2/h3,5-11,16H,4,12H2,1-2H3,(H,17,18)/b5-3+,7-6+. The Morgan fingerprint density at radius 2 is 1.86 bits per heavy atom. The van der Waals surface area contributed by atoms with Gasteiger partial charge in [0.25, 0.3) is 0 Å². The van der Waals surface area contributed by atoms with Crippen LogP contribution in [0.2, 0.25) is 0 Å². The van der Waals surface area contributed by atoms with Gasteiger partial charge in [0, 0.05) is 18.3 Å². The molecule has 0 bridgehead atoms. The van der Waals surface area contributed by atoms with E-state index >= 15 is 0 Å². The largest absolute Gasteiger partial charge is 0.323 e. The highest BCUT2D eigenvalue weighted by molar-refractivity contribution is 7.89. The van der Waals surface area contributed by atoms with E-state index in [1.807, 2.05) is 19.9 Å². The van der Waals surface area contributed by atoms with Crippen LogP contribution in [0.1, 0.15) is 20.3 Å². The minimum Gasteiger partial charge on any atom is -0.323 e. The van der Waals surface area contributed by atoms with Crippen LogP contribution in [0.25, 0.3) is 0 Å². The number of benzene rings is 1. The van der Waals surface area contributed by atoms with Gasteiger partial charge in [0.1, 0.15) is 0 Å². The summed E-state index contributed by atoms with van der Waals surface area (Å²) in [6, 6.07) is 6.04. The molecule has 0 radical (unpaired) electrons. The van der Waals surface area contributed by atoms with Crippen LogP contribution in [0.3, 0.4) is 0 Å². The van der Waals surface area contributed by atoms with Gasteiger partial charge >= 0.3 is 0 Å². The van der Waals surface area contributed by atoms with Crippen molar-refractivity contribution in [2.75, 3.05) is 11.9 Å². The Hall–Kier alpha value is -1.92. The Morgan fingerprint density at radius 3 is 2.43 bits per heavy atom. The fourth-order valence-corrected chi connectivity index (χ4v) is 2.61. The maximum absolute atomic E-state index is 11.9. The van der Waals surface area contributed by atoms with Crippen LogP contribution in [0.15, 0.2) is 53.5 Å². The maximum atomic E-state index is 11.9. The lowest BCUT2D eigenvalue weighted by Crippen LogP contribution is -2.24. The molecule has 0 aromatic heterocycles. The zero-order valence-electron chi connectivity index (χ0n) is 12.2. The predicted molar refractivity (Wildman–Crippen MR) is 84.5 cm³/mol. The Labute approximate surface area is 125 Å². The SMILES string of the molecule is C/C=C/C=C/C(=O)Nc1ccc(S(=O)(=O)NCCC)cc1. The van der Waals surface area contributed by atoms with Crippen LogP contribution < -0.4 is 10.0 Å². The molecule has 0 heterocycles. The number of rotatable bonds is 7. The number of hydrogen-bond donors (Lipinski definition) is 2. The first-order valence-corrected chi connectivity index (χ1v) is 8.18. The van der Waals surface area contributed by atoms with E-state index in [1.165, 1.54) is 18.2 Å². The molecule has 0 aliphatic rings. The Bertz CT molecular complexity index is 617. The summed E-state index contributed by atoms with van der Waals surface area (Å²) < 4.78 is 26.2. The van der Waals surface area contributed by atoms with E-state index in [0.29, 0.717) is 12.2 Å². The second-order valence-corrected chi connectivity index (χ2v) is 6.06. The first-order valence-electron chi connectivity index (χ1n) is 6.69. The van der Waals surface area contributed by atoms with Crippen LogP contribution in [0.4, 0.5) is 5.69 Å². The van der Waals surface area contributed by atoms with E-state index in [9.17, 15) is 13.2 Å². The van der Waals surface area contributed by atoms with Gasteiger partial charge in [0.05, 0.1) is 4.90 Å². The zero-order valence-corrected chi connectivity index (χ0v) is 13.0. The van der Waals surface area contributed by atoms with Gasteiger partial charge in [0.2, 0.25) is 15.9 Å². The molecule has 1 aromatic rings. The Kier molecular flexibility index (Phi) is 6.84. The van der Waals surface area contributed by atoms with Gasteiger partial charge < -0.3 is 5.32 Å². The molecule has 0 aliphatic heterocycles. The van der Waals surface area contributed by atoms with Crippen LogP contribution in [0.5, 0.6) is 0 Å². The lowest BCUT2D eigenvalue weighted by atomic mass is 10.3. The fraction of sp³-hybridized carbons (Fsp3) is 0.267. The molecule has 1 aromatic carbocycles. The highest BCUT2D eigenvalue weighted by atomic mass is 32.2. The van der Waals surface area contributed by atoms with Crippen LogP contribution >= 0.6 is 0 Å². The molecule has 1 amide bonds. The third-order valence-electron chi connectivity index (χ3n) is 2.53. The average Bonchev–Trinajstić information content (AvgIpc) is 2.46. The normalized spacial score (nSPS) is 12.1. The Morgan fingerprint density at radius 1 is 1.19 bits per heavy atom. The number of carbonyl (C=O) groups excluding carboxylic acids is 1. The van der Waals surface area contributed by atoms with E-state index < -0.39 is 10.0 Å². The molecule has 0 fully saturated rings. The third kappa shape index (κ3) is 5.93. The van der Waals surface area contributed by atoms with Gasteiger partial charge in [0.15, 0.2) is 0 Å². The van der Waals surface area contributed by atoms with Crippen LogP contribution in [-0.2, 0) is 14.8 Å². The number of anilines is 1. The monoisotopic (exact) mass is 308 g/mol. The molecule has 0 unspecified atom stereocenters. The predicted octanol–water partition coefficient (Wildman–Crippen LogP) is 2.45. The molecular formula is C15H20N2O3S. The number of hydrogen-bond acceptors (Lipinski definition) is 3. The topological polar surface area (TPSA) is 75.3 Å². The molecule has 0 aliphatic carbocycles. The van der Waals surface area contributed by atoms with Gasteiger partial charge in [-0.3, -0.25) is 4.79 Å². The molecule has 0 spiro atoms. The highest BCUT2D eigenvalue weighted by Crippen LogP contribution is 2.14. The summed E-state index contributed by atoms with van der Waals surface area (Å²) in [5, 5.41) is 2.65. The molecule has 21 heavy (non-hydrogen) atoms. The molecule has 5 nitrogen and oxygen atoms in total. The van der Waals surface area contributed by atoms with Crippen molar-refractivity contribution in [2.45, 2.75) is 25.2 Å². The fourth-order valence-electron chi connectivity index (χ4n) is 1.48. The number of amides is 1. The molecule has 1 rings (SSSR count). The lowest BCUT2D eigenvalue weighted by molar-refractivity contribution is -0.111. The van der Waals surface area contributed by atoms with Crippen molar-refractivity contribution in [3.8, 4) is 0 Å². The summed E-state index contributed by atoms with van der Waals surface area (Å²) >= 11 is 0. The summed E-state index contributed by atoms with van der Waals surface area (Å²) in [6.45, 7) is 4.15. The number of carbonyl (C=O) groups is 1. The van der Waals surface area contributed by atoms with Gasteiger partial charge in [-0.25, -0.2) is 13.1 Å². The van der Waals surface area contributed by atoms with E-state index in [1.54, 1.807) is 24.3 Å². The molecule has 0 atom stereocenters. The van der Waals surface area contributed by atoms with Crippen molar-refractivity contribution in [1.82, 2.24) is 4.72 Å². The highest BCUT2D eigenvalue weighted by Gasteiger charge is 2.12. The maximum Gasteiger partial charge on any atom is 0.248 e. The lowest BCUT2D eigenvalue weighted by Gasteiger charge is -2.07. The minimum absolute atomic E-state index is 0.179. The second kappa shape index (κ2) is 8.39. The quantitative estimate of drug-likeness (QED) is 0.600. The zero-order chi connectivity index (χ0) is 15.7. The molecule has 0 saturated heterocycles. The average molecular weight is 308 g/mol. The van der Waals surface area contributed by atoms with Crippen molar-refractivity contribution in [2.24, 2.45) is 0 Å². The Balaban J connectivity index is 2.72. The van der Waals surface area contributed by atoms with Crippen molar-refractivity contribution >= 4 is 21.6 Å². The summed E-state index contributed by atoms with van der Waals surface area (Å²) in [4.78, 5) is 11.7. The summed E-state index contributed by atoms with van der Waals surface area (Å²) in [5.41, 5.74) is 0.541. The summed E-state index contributed by atoms with van der Waals surface area (Å²) in [5.74, 6) is -0.271. The first kappa shape index (κ1) is 17.1. The van der Waals surface area contributed by atoms with Crippen LogP contribution in [-0.4, -0.2) is 20.9 Å². The van der Waals surface area contributed by atoms with Crippen LogP contribution in [0, 0.1) is 0 Å². The number of allylic oxidation sites excluding steroid dienone is 3. The molecule has 114 valence electrons. The molecule has 2 N–H and O–H groups in total. The molecular weight excluding hydrogens is 288 g/mol. The number of sulfonamides is 1. The van der Waals surface area contributed by atoms with Crippen molar-refractivity contribution in [3.63, 3.8) is 0 Å². The second-order valence-electron chi connectivity index (χ2n) is 4.30. The number of nitrogens with one attached hydrogen (secondary N) is 2. The third-order valence-corrected chi connectivity index (χ3v) is 4.00. The summed E-state index contributed by atoms with van der Waals surface area (Å²) in [7, 11) is -3.47. The van der Waals surface area contributed by atoms with E-state index in [0.717, 1.165) is 6.42 Å². The van der Waals surface area contributed by atoms with Crippen molar-refractivity contribution in [3.05, 3.63) is 48.6 Å². The van der Waals surface area contributed by atoms with E-state index in [4.69, 9.17) is 0 Å². The minimum atomic E-state index is -3.47.